The van der Waals surface area contributed by atoms with Crippen molar-refractivity contribution in [2.24, 2.45) is 28.6 Å². The van der Waals surface area contributed by atoms with Crippen LogP contribution in [0.25, 0.3) is 0 Å². The molecule has 0 aromatic heterocycles. The van der Waals surface area contributed by atoms with Crippen molar-refractivity contribution in [1.29, 1.82) is 0 Å². The number of hydrogen-bond acceptors (Lipinski definition) is 3. The maximum absolute atomic E-state index is 12.3. The summed E-state index contributed by atoms with van der Waals surface area (Å²) in [5, 5.41) is 12.4. The molecule has 4 heteroatoms. The Hall–Kier alpha value is -0.610. The first-order valence-electron chi connectivity index (χ1n) is 9.92. The van der Waals surface area contributed by atoms with E-state index >= 15 is 0 Å². The number of amides is 1. The van der Waals surface area contributed by atoms with Crippen molar-refractivity contribution in [2.75, 3.05) is 13.2 Å². The molecule has 2 saturated carbocycles. The number of aliphatic hydroxyl groups excluding tert-OH is 1. The van der Waals surface area contributed by atoms with E-state index in [1.54, 1.807) is 0 Å². The third-order valence-electron chi connectivity index (χ3n) is 7.71. The van der Waals surface area contributed by atoms with E-state index in [0.717, 1.165) is 13.0 Å². The van der Waals surface area contributed by atoms with Gasteiger partial charge in [0.15, 0.2) is 0 Å². The molecule has 1 aliphatic heterocycles. The molecular weight excluding hydrogens is 302 g/mol. The molecule has 2 bridgehead atoms. The lowest BCUT2D eigenvalue weighted by molar-refractivity contribution is -0.148. The van der Waals surface area contributed by atoms with E-state index in [2.05, 4.69) is 33.0 Å². The summed E-state index contributed by atoms with van der Waals surface area (Å²) in [7, 11) is 0. The molecule has 1 amide bonds. The van der Waals surface area contributed by atoms with Crippen molar-refractivity contribution < 1.29 is 14.6 Å². The maximum Gasteiger partial charge on any atom is 0.222 e. The van der Waals surface area contributed by atoms with Gasteiger partial charge in [-0.25, -0.2) is 0 Å². The Morgan fingerprint density at radius 3 is 2.67 bits per heavy atom. The van der Waals surface area contributed by atoms with Crippen LogP contribution < -0.4 is 5.32 Å². The topological polar surface area (TPSA) is 58.6 Å². The average molecular weight is 338 g/mol. The molecule has 1 spiro atoms. The van der Waals surface area contributed by atoms with Gasteiger partial charge in [0, 0.05) is 19.1 Å². The number of carbonyl (C=O) groups is 1. The number of aliphatic hydroxyl groups is 1. The molecule has 1 unspecified atom stereocenters. The van der Waals surface area contributed by atoms with E-state index in [-0.39, 0.29) is 35.8 Å². The molecule has 0 aromatic carbocycles. The molecule has 4 nitrogen and oxygen atoms in total. The first-order valence-corrected chi connectivity index (χ1v) is 9.92. The van der Waals surface area contributed by atoms with Gasteiger partial charge in [-0.15, -0.1) is 0 Å². The Morgan fingerprint density at radius 1 is 1.33 bits per heavy atom. The number of carbonyl (C=O) groups excluding carboxylic acids is 1. The largest absolute Gasteiger partial charge is 0.396 e. The number of hydrogen-bond donors (Lipinski definition) is 2. The number of ether oxygens (including phenoxy) is 1. The standard InChI is InChI=1S/C20H35NO3/c1-5-13(6-2)17-15-11-14-12-20(15,8-10-24-17)18(19(14,3)4)21-16(23)7-9-22/h13-15,17-18,22H,5-12H2,1-4H3,(H,21,23)/t14-,15-,17-,18+,20?/m1/s1. The SMILES string of the molecule is CCC(CC)[C@H]1OCCC23C[C@@H](C[C@H]12)C(C)(C)[C@@H]3NC(=O)CCO. The molecule has 5 atom stereocenters. The Morgan fingerprint density at radius 2 is 2.04 bits per heavy atom. The molecule has 0 radical (unpaired) electrons. The molecule has 1 heterocycles. The quantitative estimate of drug-likeness (QED) is 0.783. The number of fused-ring (bicyclic) bond motifs is 1. The zero-order valence-electron chi connectivity index (χ0n) is 15.8. The van der Waals surface area contributed by atoms with Crippen LogP contribution in [0, 0.1) is 28.6 Å². The van der Waals surface area contributed by atoms with E-state index in [4.69, 9.17) is 9.84 Å². The predicted molar refractivity (Wildman–Crippen MR) is 94.5 cm³/mol. The second-order valence-electron chi connectivity index (χ2n) is 8.93. The van der Waals surface area contributed by atoms with Gasteiger partial charge in [0.25, 0.3) is 0 Å². The molecule has 1 saturated heterocycles. The maximum atomic E-state index is 12.3. The minimum absolute atomic E-state index is 0.00169. The van der Waals surface area contributed by atoms with Gasteiger partial charge in [-0.05, 0) is 47.8 Å². The first-order chi connectivity index (χ1) is 11.4. The second kappa shape index (κ2) is 6.60. The molecule has 3 fully saturated rings. The van der Waals surface area contributed by atoms with Crippen LogP contribution in [0.2, 0.25) is 0 Å². The zero-order valence-corrected chi connectivity index (χ0v) is 15.8. The molecule has 2 N–H and O–H groups in total. The van der Waals surface area contributed by atoms with Crippen molar-refractivity contribution in [3.63, 3.8) is 0 Å². The summed E-state index contributed by atoms with van der Waals surface area (Å²) in [4.78, 5) is 12.3. The fraction of sp³-hybridized carbons (Fsp3) is 0.950. The van der Waals surface area contributed by atoms with Gasteiger partial charge < -0.3 is 15.2 Å². The summed E-state index contributed by atoms with van der Waals surface area (Å²) >= 11 is 0. The predicted octanol–water partition coefficient (Wildman–Crippen LogP) is 3.13. The Kier molecular flexibility index (Phi) is 5.00. The third kappa shape index (κ3) is 2.61. The highest BCUT2D eigenvalue weighted by molar-refractivity contribution is 5.76. The van der Waals surface area contributed by atoms with Gasteiger partial charge in [-0.1, -0.05) is 40.5 Å². The zero-order chi connectivity index (χ0) is 17.5. The molecule has 138 valence electrons. The average Bonchev–Trinajstić information content (AvgIpc) is 3.03. The summed E-state index contributed by atoms with van der Waals surface area (Å²) in [5.41, 5.74) is 0.336. The lowest BCUT2D eigenvalue weighted by atomic mass is 9.58. The van der Waals surface area contributed by atoms with E-state index in [1.165, 1.54) is 25.7 Å². The van der Waals surface area contributed by atoms with Gasteiger partial charge in [0.05, 0.1) is 12.7 Å². The Bertz CT molecular complexity index is 474. The summed E-state index contributed by atoms with van der Waals surface area (Å²) in [6.45, 7) is 9.96. The molecular formula is C20H35NO3. The van der Waals surface area contributed by atoms with Crippen molar-refractivity contribution in [3.05, 3.63) is 0 Å². The van der Waals surface area contributed by atoms with Gasteiger partial charge in [-0.3, -0.25) is 4.79 Å². The summed E-state index contributed by atoms with van der Waals surface area (Å²) < 4.78 is 6.30. The fourth-order valence-electron chi connectivity index (χ4n) is 6.39. The smallest absolute Gasteiger partial charge is 0.222 e. The van der Waals surface area contributed by atoms with Crippen LogP contribution >= 0.6 is 0 Å². The number of rotatable bonds is 6. The lowest BCUT2D eigenvalue weighted by Crippen LogP contribution is -2.61. The van der Waals surface area contributed by atoms with E-state index in [9.17, 15) is 4.79 Å². The molecule has 0 aromatic rings. The summed E-state index contributed by atoms with van der Waals surface area (Å²) in [5.74, 6) is 1.87. The second-order valence-corrected chi connectivity index (χ2v) is 8.93. The van der Waals surface area contributed by atoms with Crippen molar-refractivity contribution >= 4 is 5.91 Å². The van der Waals surface area contributed by atoms with E-state index < -0.39 is 0 Å². The molecule has 3 rings (SSSR count). The normalized spacial score (nSPS) is 39.9. The van der Waals surface area contributed by atoms with Crippen molar-refractivity contribution in [3.8, 4) is 0 Å². The van der Waals surface area contributed by atoms with Crippen molar-refractivity contribution in [2.45, 2.75) is 78.4 Å². The van der Waals surface area contributed by atoms with Gasteiger partial charge in [0.2, 0.25) is 5.91 Å². The van der Waals surface area contributed by atoms with E-state index in [1.807, 2.05) is 0 Å². The van der Waals surface area contributed by atoms with Crippen LogP contribution in [0.3, 0.4) is 0 Å². The highest BCUT2D eigenvalue weighted by atomic mass is 16.5. The van der Waals surface area contributed by atoms with Crippen LogP contribution in [0.5, 0.6) is 0 Å². The van der Waals surface area contributed by atoms with Crippen LogP contribution in [-0.4, -0.2) is 36.4 Å². The van der Waals surface area contributed by atoms with Crippen molar-refractivity contribution in [1.82, 2.24) is 5.32 Å². The minimum atomic E-state index is -0.0711. The molecule has 3 aliphatic rings. The summed E-state index contributed by atoms with van der Waals surface area (Å²) in [6.07, 6.45) is 6.46. The molecule has 24 heavy (non-hydrogen) atoms. The lowest BCUT2D eigenvalue weighted by Gasteiger charge is -2.54. The van der Waals surface area contributed by atoms with Crippen LogP contribution in [0.15, 0.2) is 0 Å². The van der Waals surface area contributed by atoms with Gasteiger partial charge in [0.1, 0.15) is 0 Å². The Balaban J connectivity index is 1.88. The fourth-order valence-corrected chi connectivity index (χ4v) is 6.39. The highest BCUT2D eigenvalue weighted by Gasteiger charge is 2.68. The third-order valence-corrected chi connectivity index (χ3v) is 7.71. The highest BCUT2D eigenvalue weighted by Crippen LogP contribution is 2.69. The van der Waals surface area contributed by atoms with Crippen LogP contribution in [0.4, 0.5) is 0 Å². The van der Waals surface area contributed by atoms with Crippen LogP contribution in [-0.2, 0) is 9.53 Å². The van der Waals surface area contributed by atoms with E-state index in [0.29, 0.717) is 23.9 Å². The first kappa shape index (κ1) is 18.2. The Labute approximate surface area is 146 Å². The minimum Gasteiger partial charge on any atom is -0.396 e. The van der Waals surface area contributed by atoms with Crippen LogP contribution in [0.1, 0.15) is 66.2 Å². The number of nitrogens with one attached hydrogen (secondary N) is 1. The van der Waals surface area contributed by atoms with Gasteiger partial charge in [-0.2, -0.15) is 0 Å². The monoisotopic (exact) mass is 337 g/mol. The summed E-state index contributed by atoms with van der Waals surface area (Å²) in [6, 6.07) is 0.216. The van der Waals surface area contributed by atoms with Gasteiger partial charge >= 0.3 is 0 Å². The molecule has 2 aliphatic carbocycles.